The number of rotatable bonds is 4. The van der Waals surface area contributed by atoms with Crippen LogP contribution in [0, 0.1) is 18.3 Å². The number of nitriles is 1. The zero-order valence-electron chi connectivity index (χ0n) is 13.6. The molecule has 0 aliphatic carbocycles. The van der Waals surface area contributed by atoms with Crippen LogP contribution in [0.2, 0.25) is 0 Å². The first-order chi connectivity index (χ1) is 11.7. The third-order valence-electron chi connectivity index (χ3n) is 3.39. The number of ether oxygens (including phenoxy) is 1. The van der Waals surface area contributed by atoms with Crippen molar-refractivity contribution >= 4 is 38.1 Å². The van der Waals surface area contributed by atoms with Crippen molar-refractivity contribution in [2.75, 3.05) is 18.7 Å². The van der Waals surface area contributed by atoms with Gasteiger partial charge in [-0.2, -0.15) is 5.26 Å². The summed E-state index contributed by atoms with van der Waals surface area (Å²) in [6.45, 7) is 1.57. The average Bonchev–Trinajstić information content (AvgIpc) is 2.88. The Bertz CT molecular complexity index is 1000. The zero-order valence-corrected chi connectivity index (χ0v) is 15.2. The minimum atomic E-state index is -3.60. The average molecular weight is 378 g/mol. The van der Waals surface area contributed by atoms with Gasteiger partial charge in [-0.25, -0.2) is 13.2 Å². The Hall–Kier alpha value is -2.70. The van der Waals surface area contributed by atoms with Crippen LogP contribution in [-0.2, 0) is 14.6 Å². The number of carbonyl (C=O) groups excluding carboxylic acids is 2. The van der Waals surface area contributed by atoms with Crippen molar-refractivity contribution in [3.05, 3.63) is 45.8 Å². The molecule has 0 aliphatic heterocycles. The third kappa shape index (κ3) is 3.70. The van der Waals surface area contributed by atoms with E-state index in [4.69, 9.17) is 0 Å². The van der Waals surface area contributed by atoms with E-state index in [1.165, 1.54) is 31.4 Å². The Balaban J connectivity index is 2.47. The number of thiophene rings is 1. The van der Waals surface area contributed by atoms with E-state index in [1.54, 1.807) is 6.92 Å². The van der Waals surface area contributed by atoms with Crippen LogP contribution >= 0.6 is 11.3 Å². The van der Waals surface area contributed by atoms with Crippen LogP contribution in [-0.4, -0.2) is 33.7 Å². The van der Waals surface area contributed by atoms with Crippen molar-refractivity contribution in [3.63, 3.8) is 0 Å². The fourth-order valence-corrected chi connectivity index (χ4v) is 4.13. The minimum Gasteiger partial charge on any atom is -0.465 e. The largest absolute Gasteiger partial charge is 0.465 e. The molecule has 0 saturated carbocycles. The monoisotopic (exact) mass is 378 g/mol. The number of nitrogens with one attached hydrogen (secondary N) is 1. The second-order valence-electron chi connectivity index (χ2n) is 5.09. The van der Waals surface area contributed by atoms with Gasteiger partial charge in [0.05, 0.1) is 23.1 Å². The lowest BCUT2D eigenvalue weighted by Gasteiger charge is -2.08. The number of sulfone groups is 1. The Kier molecular flexibility index (Phi) is 5.25. The van der Waals surface area contributed by atoms with E-state index in [1.807, 2.05) is 6.07 Å². The highest BCUT2D eigenvalue weighted by atomic mass is 32.2. The molecule has 0 atom stereocenters. The molecule has 2 rings (SSSR count). The SMILES string of the molecule is COC(=O)c1sc(NC(=O)c2ccccc2S(C)(=O)=O)c(C#N)c1C. The van der Waals surface area contributed by atoms with Crippen LogP contribution in [0.5, 0.6) is 0 Å². The summed E-state index contributed by atoms with van der Waals surface area (Å²) in [5, 5.41) is 12.0. The van der Waals surface area contributed by atoms with Crippen LogP contribution in [0.25, 0.3) is 0 Å². The summed E-state index contributed by atoms with van der Waals surface area (Å²) in [5.41, 5.74) is 0.487. The molecule has 0 aliphatic rings. The molecular weight excluding hydrogens is 364 g/mol. The van der Waals surface area contributed by atoms with Crippen LogP contribution in [0.4, 0.5) is 5.00 Å². The normalized spacial score (nSPS) is 10.8. The molecule has 1 aromatic carbocycles. The van der Waals surface area contributed by atoms with Gasteiger partial charge in [0, 0.05) is 6.26 Å². The minimum absolute atomic E-state index is 0.0421. The van der Waals surface area contributed by atoms with Crippen molar-refractivity contribution in [3.8, 4) is 6.07 Å². The maximum absolute atomic E-state index is 12.5. The Morgan fingerprint density at radius 1 is 1.28 bits per heavy atom. The number of hydrogen-bond acceptors (Lipinski definition) is 7. The van der Waals surface area contributed by atoms with Gasteiger partial charge in [-0.15, -0.1) is 11.3 Å². The fourth-order valence-electron chi connectivity index (χ4n) is 2.17. The summed E-state index contributed by atoms with van der Waals surface area (Å²) in [4.78, 5) is 24.3. The van der Waals surface area contributed by atoms with Gasteiger partial charge in [-0.3, -0.25) is 4.79 Å². The summed E-state index contributed by atoms with van der Waals surface area (Å²) in [6.07, 6.45) is 1.00. The Labute approximate surface area is 148 Å². The molecule has 0 unspecified atom stereocenters. The van der Waals surface area contributed by atoms with E-state index >= 15 is 0 Å². The number of nitrogens with zero attached hydrogens (tertiary/aromatic N) is 1. The summed E-state index contributed by atoms with van der Waals surface area (Å²) in [5.74, 6) is -1.30. The van der Waals surface area contributed by atoms with Gasteiger partial charge in [-0.1, -0.05) is 12.1 Å². The molecule has 7 nitrogen and oxygen atoms in total. The number of benzene rings is 1. The first kappa shape index (κ1) is 18.6. The lowest BCUT2D eigenvalue weighted by molar-refractivity contribution is 0.0605. The summed E-state index contributed by atoms with van der Waals surface area (Å²) < 4.78 is 28.3. The van der Waals surface area contributed by atoms with Crippen molar-refractivity contribution in [2.24, 2.45) is 0 Å². The van der Waals surface area contributed by atoms with Gasteiger partial charge in [0.15, 0.2) is 9.84 Å². The van der Waals surface area contributed by atoms with Crippen molar-refractivity contribution in [2.45, 2.75) is 11.8 Å². The van der Waals surface area contributed by atoms with Gasteiger partial charge in [0.25, 0.3) is 5.91 Å². The van der Waals surface area contributed by atoms with E-state index in [9.17, 15) is 23.3 Å². The number of carbonyl (C=O) groups is 2. The predicted molar refractivity (Wildman–Crippen MR) is 92.6 cm³/mol. The van der Waals surface area contributed by atoms with E-state index in [-0.39, 0.29) is 25.9 Å². The highest BCUT2D eigenvalue weighted by Gasteiger charge is 2.24. The maximum atomic E-state index is 12.5. The predicted octanol–water partition coefficient (Wildman–Crippen LogP) is 2.37. The molecule has 0 spiro atoms. The van der Waals surface area contributed by atoms with E-state index in [2.05, 4.69) is 10.1 Å². The van der Waals surface area contributed by atoms with Crippen LogP contribution in [0.3, 0.4) is 0 Å². The quantitative estimate of drug-likeness (QED) is 0.817. The van der Waals surface area contributed by atoms with Crippen molar-refractivity contribution < 1.29 is 22.7 Å². The first-order valence-electron chi connectivity index (χ1n) is 6.93. The molecule has 0 fully saturated rings. The van der Waals surface area contributed by atoms with Crippen LogP contribution < -0.4 is 5.32 Å². The van der Waals surface area contributed by atoms with Gasteiger partial charge < -0.3 is 10.1 Å². The highest BCUT2D eigenvalue weighted by Crippen LogP contribution is 2.33. The molecular formula is C16H14N2O5S2. The van der Waals surface area contributed by atoms with E-state index in [0.717, 1.165) is 17.6 Å². The van der Waals surface area contributed by atoms with Crippen LogP contribution in [0.1, 0.15) is 31.2 Å². The topological polar surface area (TPSA) is 113 Å². The third-order valence-corrected chi connectivity index (χ3v) is 5.73. The smallest absolute Gasteiger partial charge is 0.348 e. The second-order valence-corrected chi connectivity index (χ2v) is 8.09. The molecule has 1 heterocycles. The lowest BCUT2D eigenvalue weighted by atomic mass is 10.1. The maximum Gasteiger partial charge on any atom is 0.348 e. The van der Waals surface area contributed by atoms with Crippen molar-refractivity contribution in [1.82, 2.24) is 0 Å². The van der Waals surface area contributed by atoms with Crippen molar-refractivity contribution in [1.29, 1.82) is 5.26 Å². The second kappa shape index (κ2) is 7.04. The number of esters is 1. The molecule has 25 heavy (non-hydrogen) atoms. The van der Waals surface area contributed by atoms with E-state index in [0.29, 0.717) is 5.56 Å². The van der Waals surface area contributed by atoms with Gasteiger partial charge in [-0.05, 0) is 24.6 Å². The van der Waals surface area contributed by atoms with Gasteiger partial charge >= 0.3 is 5.97 Å². The molecule has 0 bridgehead atoms. The molecule has 1 aromatic heterocycles. The number of anilines is 1. The van der Waals surface area contributed by atoms with Gasteiger partial charge in [0.2, 0.25) is 0 Å². The van der Waals surface area contributed by atoms with Crippen LogP contribution in [0.15, 0.2) is 29.2 Å². The van der Waals surface area contributed by atoms with Gasteiger partial charge in [0.1, 0.15) is 15.9 Å². The first-order valence-corrected chi connectivity index (χ1v) is 9.63. The molecule has 1 N–H and O–H groups in total. The Morgan fingerprint density at radius 3 is 2.48 bits per heavy atom. The van der Waals surface area contributed by atoms with E-state index < -0.39 is 21.7 Å². The molecule has 0 saturated heterocycles. The molecule has 130 valence electrons. The Morgan fingerprint density at radius 2 is 1.92 bits per heavy atom. The number of hydrogen-bond donors (Lipinski definition) is 1. The molecule has 1 amide bonds. The molecule has 0 radical (unpaired) electrons. The summed E-state index contributed by atoms with van der Waals surface area (Å²) in [6, 6.07) is 7.69. The summed E-state index contributed by atoms with van der Waals surface area (Å²) >= 11 is 0.901. The fraction of sp³-hybridized carbons (Fsp3) is 0.188. The number of amides is 1. The highest BCUT2D eigenvalue weighted by molar-refractivity contribution is 7.90. The molecule has 2 aromatic rings. The zero-order chi connectivity index (χ0) is 18.8. The summed E-state index contributed by atoms with van der Waals surface area (Å²) in [7, 11) is -2.39. The number of methoxy groups -OCH3 is 1. The lowest BCUT2D eigenvalue weighted by Crippen LogP contribution is -2.15. The standard InChI is InChI=1S/C16H14N2O5S2/c1-9-11(8-17)15(24-13(9)16(20)23-2)18-14(19)10-6-4-5-7-12(10)25(3,21)22/h4-7H,1-3H3,(H,18,19). The molecule has 9 heteroatoms.